The molecule has 1 aromatic rings. The van der Waals surface area contributed by atoms with Gasteiger partial charge in [0.15, 0.2) is 0 Å². The Morgan fingerprint density at radius 1 is 1.37 bits per heavy atom. The van der Waals surface area contributed by atoms with Crippen molar-refractivity contribution < 1.29 is 18.7 Å². The first-order chi connectivity index (χ1) is 13.1. The number of fused-ring (bicyclic) bond motifs is 1. The lowest BCUT2D eigenvalue weighted by Gasteiger charge is -2.33. The van der Waals surface area contributed by atoms with Crippen LogP contribution >= 0.6 is 0 Å². The highest BCUT2D eigenvalue weighted by Gasteiger charge is 2.67. The predicted molar refractivity (Wildman–Crippen MR) is 94.1 cm³/mol. The van der Waals surface area contributed by atoms with Crippen LogP contribution in [-0.4, -0.2) is 64.1 Å². The van der Waals surface area contributed by atoms with Gasteiger partial charge in [0.1, 0.15) is 11.8 Å². The van der Waals surface area contributed by atoms with Crippen molar-refractivity contribution in [1.82, 2.24) is 14.8 Å². The molecule has 5 heterocycles. The van der Waals surface area contributed by atoms with Gasteiger partial charge in [-0.3, -0.25) is 14.6 Å². The summed E-state index contributed by atoms with van der Waals surface area (Å²) < 4.78 is 19.6. The Hall–Kier alpha value is -2.28. The van der Waals surface area contributed by atoms with Gasteiger partial charge in [-0.15, -0.1) is 0 Å². The molecule has 4 aliphatic heterocycles. The molecule has 6 nitrogen and oxygen atoms in total. The zero-order valence-electron chi connectivity index (χ0n) is 15.0. The van der Waals surface area contributed by atoms with Crippen molar-refractivity contribution in [2.75, 3.05) is 19.6 Å². The van der Waals surface area contributed by atoms with Crippen molar-refractivity contribution in [2.45, 2.75) is 37.3 Å². The van der Waals surface area contributed by atoms with Crippen LogP contribution in [0.4, 0.5) is 4.39 Å². The Balaban J connectivity index is 1.38. The highest BCUT2D eigenvalue weighted by atomic mass is 19.1. The summed E-state index contributed by atoms with van der Waals surface area (Å²) in [7, 11) is 0. The van der Waals surface area contributed by atoms with Gasteiger partial charge in [-0.1, -0.05) is 18.2 Å². The minimum absolute atomic E-state index is 0.0376. The Kier molecular flexibility index (Phi) is 3.82. The first-order valence-electron chi connectivity index (χ1n) is 9.55. The summed E-state index contributed by atoms with van der Waals surface area (Å²) >= 11 is 0. The van der Waals surface area contributed by atoms with Crippen molar-refractivity contribution in [1.29, 1.82) is 0 Å². The lowest BCUT2D eigenvalue weighted by molar-refractivity contribution is -0.144. The van der Waals surface area contributed by atoms with E-state index >= 15 is 0 Å². The quantitative estimate of drug-likeness (QED) is 0.752. The molecule has 142 valence electrons. The molecule has 0 N–H and O–H groups in total. The second-order valence-corrected chi connectivity index (χ2v) is 7.96. The summed E-state index contributed by atoms with van der Waals surface area (Å²) in [6.07, 6.45) is 6.88. The normalized spacial score (nSPS) is 35.1. The molecule has 2 amide bonds. The fourth-order valence-corrected chi connectivity index (χ4v) is 4.99. The lowest BCUT2D eigenvalue weighted by Crippen LogP contribution is -2.48. The summed E-state index contributed by atoms with van der Waals surface area (Å²) in [5.74, 6) is -1.10. The molecular weight excluding hydrogens is 349 g/mol. The molecule has 0 aromatic carbocycles. The molecule has 0 aliphatic carbocycles. The third-order valence-corrected chi connectivity index (χ3v) is 6.30. The van der Waals surface area contributed by atoms with E-state index in [2.05, 4.69) is 4.98 Å². The number of hydrogen-bond acceptors (Lipinski definition) is 4. The average molecular weight is 371 g/mol. The minimum atomic E-state index is -0.834. The molecule has 3 fully saturated rings. The lowest BCUT2D eigenvalue weighted by atomic mass is 9.76. The van der Waals surface area contributed by atoms with Crippen LogP contribution in [0.25, 0.3) is 0 Å². The Labute approximate surface area is 157 Å². The van der Waals surface area contributed by atoms with E-state index in [9.17, 15) is 14.0 Å². The molecule has 2 bridgehead atoms. The fourth-order valence-electron chi connectivity index (χ4n) is 4.99. The van der Waals surface area contributed by atoms with Gasteiger partial charge in [0.25, 0.3) is 0 Å². The molecular formula is C20H22FN3O3. The Morgan fingerprint density at radius 3 is 2.93 bits per heavy atom. The molecule has 0 radical (unpaired) electrons. The zero-order chi connectivity index (χ0) is 18.6. The number of pyridine rings is 1. The van der Waals surface area contributed by atoms with Gasteiger partial charge >= 0.3 is 0 Å². The SMILES string of the molecule is O=C([C@@H]1[C@@H]2C=C[C@@]3(CN(Cc4cccnc4)C(=O)[C@H]13)O2)N1CCC(F)CC1. The van der Waals surface area contributed by atoms with E-state index in [1.54, 1.807) is 22.2 Å². The monoisotopic (exact) mass is 371 g/mol. The number of ether oxygens (including phenoxy) is 1. The minimum Gasteiger partial charge on any atom is -0.360 e. The highest BCUT2D eigenvalue weighted by Crippen LogP contribution is 2.52. The summed E-state index contributed by atoms with van der Waals surface area (Å²) in [6.45, 7) is 1.75. The summed E-state index contributed by atoms with van der Waals surface area (Å²) in [5.41, 5.74) is 0.247. The van der Waals surface area contributed by atoms with Gasteiger partial charge in [0, 0.05) is 32.0 Å². The van der Waals surface area contributed by atoms with Crippen LogP contribution in [0.1, 0.15) is 18.4 Å². The van der Waals surface area contributed by atoms with Gasteiger partial charge in [-0.2, -0.15) is 0 Å². The number of hydrogen-bond donors (Lipinski definition) is 0. The van der Waals surface area contributed by atoms with E-state index < -0.39 is 23.6 Å². The molecule has 0 unspecified atom stereocenters. The van der Waals surface area contributed by atoms with Crippen molar-refractivity contribution in [3.05, 3.63) is 42.2 Å². The Morgan fingerprint density at radius 2 is 2.19 bits per heavy atom. The zero-order valence-corrected chi connectivity index (χ0v) is 15.0. The van der Waals surface area contributed by atoms with E-state index in [0.717, 1.165) is 5.56 Å². The first-order valence-corrected chi connectivity index (χ1v) is 9.55. The van der Waals surface area contributed by atoms with E-state index in [0.29, 0.717) is 39.0 Å². The van der Waals surface area contributed by atoms with E-state index in [1.165, 1.54) is 0 Å². The second-order valence-electron chi connectivity index (χ2n) is 7.96. The number of piperidine rings is 1. The van der Waals surface area contributed by atoms with E-state index in [4.69, 9.17) is 4.74 Å². The van der Waals surface area contributed by atoms with E-state index in [-0.39, 0.29) is 17.9 Å². The second kappa shape index (κ2) is 6.12. The first kappa shape index (κ1) is 16.9. The van der Waals surface area contributed by atoms with Crippen molar-refractivity contribution >= 4 is 11.8 Å². The van der Waals surface area contributed by atoms with Gasteiger partial charge in [0.05, 0.1) is 24.5 Å². The highest BCUT2D eigenvalue weighted by molar-refractivity contribution is 5.93. The summed E-state index contributed by atoms with van der Waals surface area (Å²) in [5, 5.41) is 0. The maximum atomic E-state index is 13.4. The van der Waals surface area contributed by atoms with Crippen LogP contribution in [0.2, 0.25) is 0 Å². The van der Waals surface area contributed by atoms with Crippen LogP contribution in [0.15, 0.2) is 36.7 Å². The topological polar surface area (TPSA) is 62.7 Å². The van der Waals surface area contributed by atoms with Gasteiger partial charge in [0.2, 0.25) is 11.8 Å². The smallest absolute Gasteiger partial charge is 0.230 e. The molecule has 4 aliphatic rings. The average Bonchev–Trinajstić information content (AvgIpc) is 3.31. The number of amides is 2. The van der Waals surface area contributed by atoms with Crippen LogP contribution < -0.4 is 0 Å². The van der Waals surface area contributed by atoms with Crippen LogP contribution in [-0.2, 0) is 20.9 Å². The largest absolute Gasteiger partial charge is 0.360 e. The van der Waals surface area contributed by atoms with Gasteiger partial charge in [-0.05, 0) is 24.5 Å². The number of likely N-dealkylation sites (tertiary alicyclic amines) is 2. The molecule has 7 heteroatoms. The predicted octanol–water partition coefficient (Wildman–Crippen LogP) is 1.32. The van der Waals surface area contributed by atoms with Crippen LogP contribution in [0.3, 0.4) is 0 Å². The van der Waals surface area contributed by atoms with Crippen molar-refractivity contribution in [3.63, 3.8) is 0 Å². The number of rotatable bonds is 3. The third-order valence-electron chi connectivity index (χ3n) is 6.30. The molecule has 4 atom stereocenters. The maximum Gasteiger partial charge on any atom is 0.230 e. The fraction of sp³-hybridized carbons (Fsp3) is 0.550. The summed E-state index contributed by atoms with van der Waals surface area (Å²) in [6, 6.07) is 3.78. The molecule has 27 heavy (non-hydrogen) atoms. The number of aromatic nitrogens is 1. The Bertz CT molecular complexity index is 793. The molecule has 1 spiro atoms. The number of carbonyl (C=O) groups is 2. The molecule has 5 rings (SSSR count). The molecule has 1 aromatic heterocycles. The number of alkyl halides is 1. The standard InChI is InChI=1S/C20H22FN3O3/c21-14-4-8-23(9-5-14)18(25)16-15-3-6-20(27-15)12-24(19(26)17(16)20)11-13-2-1-7-22-10-13/h1-3,6-7,10,14-17H,4-5,8-9,11-12H2/t15-,16+,17-,20-/m0/s1. The summed E-state index contributed by atoms with van der Waals surface area (Å²) in [4.78, 5) is 33.9. The van der Waals surface area contributed by atoms with Crippen LogP contribution in [0.5, 0.6) is 0 Å². The van der Waals surface area contributed by atoms with Crippen molar-refractivity contribution in [3.8, 4) is 0 Å². The maximum absolute atomic E-state index is 13.4. The van der Waals surface area contributed by atoms with Gasteiger partial charge in [-0.25, -0.2) is 4.39 Å². The van der Waals surface area contributed by atoms with Crippen LogP contribution in [0, 0.1) is 11.8 Å². The third kappa shape index (κ3) is 2.59. The molecule has 3 saturated heterocycles. The number of nitrogens with zero attached hydrogens (tertiary/aromatic N) is 3. The number of carbonyl (C=O) groups excluding carboxylic acids is 2. The molecule has 0 saturated carbocycles. The number of halogens is 1. The van der Waals surface area contributed by atoms with E-state index in [1.807, 2.05) is 24.3 Å². The van der Waals surface area contributed by atoms with Gasteiger partial charge < -0.3 is 14.5 Å². The van der Waals surface area contributed by atoms with Crippen molar-refractivity contribution in [2.24, 2.45) is 11.8 Å².